The highest BCUT2D eigenvalue weighted by atomic mass is 16.5. The molecule has 0 spiro atoms. The Hall–Kier alpha value is -3.03. The third-order valence-corrected chi connectivity index (χ3v) is 2.66. The number of ether oxygens (including phenoxy) is 3. The first-order chi connectivity index (χ1) is 10.9. The predicted octanol–water partition coefficient (Wildman–Crippen LogP) is 1.00. The van der Waals surface area contributed by atoms with E-state index in [-0.39, 0.29) is 12.2 Å². The van der Waals surface area contributed by atoms with Gasteiger partial charge in [-0.2, -0.15) is 0 Å². The van der Waals surface area contributed by atoms with Crippen LogP contribution >= 0.6 is 0 Å². The lowest BCUT2D eigenvalue weighted by atomic mass is 10.2. The van der Waals surface area contributed by atoms with Crippen LogP contribution in [0, 0.1) is 0 Å². The molecule has 1 rings (SSSR count). The van der Waals surface area contributed by atoms with Gasteiger partial charge in [-0.1, -0.05) is 12.7 Å². The molecule has 3 N–H and O–H groups in total. The van der Waals surface area contributed by atoms with Gasteiger partial charge in [0.2, 0.25) is 0 Å². The highest BCUT2D eigenvalue weighted by Gasteiger charge is 2.21. The number of carbonyl (C=O) groups is 3. The van der Waals surface area contributed by atoms with Gasteiger partial charge in [-0.15, -0.1) is 0 Å². The molecule has 23 heavy (non-hydrogen) atoms. The molecule has 1 aromatic rings. The molecule has 0 aliphatic heterocycles. The van der Waals surface area contributed by atoms with Gasteiger partial charge < -0.3 is 19.9 Å². The van der Waals surface area contributed by atoms with Crippen molar-refractivity contribution in [1.82, 2.24) is 5.32 Å². The van der Waals surface area contributed by atoms with Gasteiger partial charge in [0.25, 0.3) is 5.91 Å². The fourth-order valence-corrected chi connectivity index (χ4v) is 1.57. The predicted molar refractivity (Wildman–Crippen MR) is 81.3 cm³/mol. The van der Waals surface area contributed by atoms with Gasteiger partial charge in [-0.3, -0.25) is 10.1 Å². The average Bonchev–Trinajstić information content (AvgIpc) is 2.51. The van der Waals surface area contributed by atoms with Crippen molar-refractivity contribution in [3.63, 3.8) is 0 Å². The number of methoxy groups -OCH3 is 1. The van der Waals surface area contributed by atoms with Crippen molar-refractivity contribution in [3.8, 4) is 11.5 Å². The first kappa shape index (κ1) is 18.0. The second kappa shape index (κ2) is 8.42. The number of urea groups is 1. The Kier molecular flexibility index (Phi) is 6.60. The summed E-state index contributed by atoms with van der Waals surface area (Å²) in [6.45, 7) is 5.13. The van der Waals surface area contributed by atoms with E-state index in [9.17, 15) is 14.4 Å². The smallest absolute Gasteiger partial charge is 0.339 e. The Morgan fingerprint density at radius 2 is 2.04 bits per heavy atom. The van der Waals surface area contributed by atoms with Gasteiger partial charge in [0.05, 0.1) is 12.7 Å². The molecule has 124 valence electrons. The van der Waals surface area contributed by atoms with Crippen LogP contribution in [0.4, 0.5) is 4.79 Å². The minimum atomic E-state index is -1.18. The number of amides is 3. The van der Waals surface area contributed by atoms with E-state index in [1.54, 1.807) is 6.08 Å². The molecule has 0 radical (unpaired) electrons. The molecular weight excluding hydrogens is 304 g/mol. The van der Waals surface area contributed by atoms with E-state index in [4.69, 9.17) is 19.9 Å². The van der Waals surface area contributed by atoms with Crippen molar-refractivity contribution < 1.29 is 28.6 Å². The zero-order valence-electron chi connectivity index (χ0n) is 12.8. The van der Waals surface area contributed by atoms with Crippen molar-refractivity contribution in [2.45, 2.75) is 13.0 Å². The summed E-state index contributed by atoms with van der Waals surface area (Å²) in [6.07, 6.45) is 0.387. The second-order valence-electron chi connectivity index (χ2n) is 4.37. The van der Waals surface area contributed by atoms with Crippen LogP contribution < -0.4 is 20.5 Å². The Bertz CT molecular complexity index is 614. The van der Waals surface area contributed by atoms with Crippen LogP contribution in [0.5, 0.6) is 11.5 Å². The molecule has 1 aromatic carbocycles. The van der Waals surface area contributed by atoms with E-state index in [0.29, 0.717) is 11.5 Å². The summed E-state index contributed by atoms with van der Waals surface area (Å²) in [4.78, 5) is 34.1. The van der Waals surface area contributed by atoms with Crippen molar-refractivity contribution >= 4 is 17.9 Å². The van der Waals surface area contributed by atoms with Crippen LogP contribution in [0.2, 0.25) is 0 Å². The molecule has 0 heterocycles. The van der Waals surface area contributed by atoms with Gasteiger partial charge in [0.1, 0.15) is 6.61 Å². The lowest BCUT2D eigenvalue weighted by Crippen LogP contribution is -2.42. The molecule has 0 fully saturated rings. The van der Waals surface area contributed by atoms with Crippen LogP contribution in [-0.4, -0.2) is 37.7 Å². The first-order valence-corrected chi connectivity index (χ1v) is 6.62. The summed E-state index contributed by atoms with van der Waals surface area (Å²) in [7, 11) is 1.42. The summed E-state index contributed by atoms with van der Waals surface area (Å²) in [5.74, 6) is -0.812. The van der Waals surface area contributed by atoms with Gasteiger partial charge >= 0.3 is 12.0 Å². The maximum atomic E-state index is 12.0. The Balaban J connectivity index is 2.81. The van der Waals surface area contributed by atoms with Crippen molar-refractivity contribution in [1.29, 1.82) is 0 Å². The van der Waals surface area contributed by atoms with Crippen molar-refractivity contribution in [2.75, 3.05) is 13.7 Å². The quantitative estimate of drug-likeness (QED) is 0.571. The molecule has 1 unspecified atom stereocenters. The molecule has 0 aromatic heterocycles. The highest BCUT2D eigenvalue weighted by Crippen LogP contribution is 2.28. The van der Waals surface area contributed by atoms with E-state index in [0.717, 1.165) is 0 Å². The maximum Gasteiger partial charge on any atom is 0.339 e. The molecule has 0 aliphatic rings. The van der Waals surface area contributed by atoms with Crippen LogP contribution in [-0.2, 0) is 9.53 Å². The minimum absolute atomic E-state index is 0.159. The number of primary amides is 1. The minimum Gasteiger partial charge on any atom is -0.493 e. The lowest BCUT2D eigenvalue weighted by Gasteiger charge is -2.13. The number of nitrogens with one attached hydrogen (secondary N) is 1. The summed E-state index contributed by atoms with van der Waals surface area (Å²) >= 11 is 0. The van der Waals surface area contributed by atoms with E-state index >= 15 is 0 Å². The number of rotatable bonds is 7. The number of carbonyl (C=O) groups excluding carboxylic acids is 3. The summed E-state index contributed by atoms with van der Waals surface area (Å²) < 4.78 is 15.4. The fraction of sp³-hybridized carbons (Fsp3) is 0.267. The van der Waals surface area contributed by atoms with E-state index in [1.165, 1.54) is 32.2 Å². The van der Waals surface area contributed by atoms with Crippen LogP contribution in [0.25, 0.3) is 0 Å². The number of esters is 1. The van der Waals surface area contributed by atoms with Gasteiger partial charge in [-0.05, 0) is 25.1 Å². The largest absolute Gasteiger partial charge is 0.493 e. The Labute approximate surface area is 133 Å². The van der Waals surface area contributed by atoms with Gasteiger partial charge in [0, 0.05) is 0 Å². The Morgan fingerprint density at radius 3 is 2.61 bits per heavy atom. The molecule has 0 saturated carbocycles. The monoisotopic (exact) mass is 322 g/mol. The lowest BCUT2D eigenvalue weighted by molar-refractivity contribution is -0.127. The van der Waals surface area contributed by atoms with Crippen molar-refractivity contribution in [2.24, 2.45) is 5.73 Å². The third kappa shape index (κ3) is 5.34. The summed E-state index contributed by atoms with van der Waals surface area (Å²) in [6, 6.07) is 3.39. The van der Waals surface area contributed by atoms with E-state index in [1.807, 2.05) is 5.32 Å². The second-order valence-corrected chi connectivity index (χ2v) is 4.37. The molecule has 0 saturated heterocycles. The molecular formula is C15H18N2O6. The van der Waals surface area contributed by atoms with Crippen LogP contribution in [0.15, 0.2) is 30.9 Å². The third-order valence-electron chi connectivity index (χ3n) is 2.66. The topological polar surface area (TPSA) is 117 Å². The Morgan fingerprint density at radius 1 is 1.35 bits per heavy atom. The molecule has 0 aliphatic carbocycles. The molecule has 8 heteroatoms. The molecule has 3 amide bonds. The summed E-state index contributed by atoms with van der Waals surface area (Å²) in [5.41, 5.74) is 4.98. The zero-order valence-corrected chi connectivity index (χ0v) is 12.8. The maximum absolute atomic E-state index is 12.0. The molecule has 8 nitrogen and oxygen atoms in total. The zero-order chi connectivity index (χ0) is 17.4. The number of imide groups is 1. The normalized spacial score (nSPS) is 11.0. The molecule has 1 atom stereocenters. The molecule has 0 bridgehead atoms. The number of nitrogens with two attached hydrogens (primary N) is 1. The SMILES string of the molecule is C=CCOc1ccc(C(=O)OC(C)C(=O)NC(N)=O)cc1OC. The van der Waals surface area contributed by atoms with Gasteiger partial charge in [0.15, 0.2) is 17.6 Å². The van der Waals surface area contributed by atoms with Crippen molar-refractivity contribution in [3.05, 3.63) is 36.4 Å². The standard InChI is InChI=1S/C15H18N2O6/c1-4-7-22-11-6-5-10(8-12(11)21-3)14(19)23-9(2)13(18)17-15(16)20/h4-6,8-9H,1,7H2,2-3H3,(H3,16,17,18,20). The highest BCUT2D eigenvalue weighted by molar-refractivity contribution is 5.98. The number of hydrogen-bond donors (Lipinski definition) is 2. The number of benzene rings is 1. The van der Waals surface area contributed by atoms with Crippen LogP contribution in [0.3, 0.4) is 0 Å². The van der Waals surface area contributed by atoms with E-state index in [2.05, 4.69) is 6.58 Å². The fourth-order valence-electron chi connectivity index (χ4n) is 1.57. The van der Waals surface area contributed by atoms with E-state index < -0.39 is 24.0 Å². The summed E-state index contributed by atoms with van der Waals surface area (Å²) in [5, 5.41) is 1.82. The first-order valence-electron chi connectivity index (χ1n) is 6.62. The average molecular weight is 322 g/mol. The van der Waals surface area contributed by atoms with Crippen LogP contribution in [0.1, 0.15) is 17.3 Å². The van der Waals surface area contributed by atoms with Gasteiger partial charge in [-0.25, -0.2) is 9.59 Å². The number of hydrogen-bond acceptors (Lipinski definition) is 6.